The number of nitriles is 1. The minimum absolute atomic E-state index is 0.0564. The SMILES string of the molecule is CC1CC(C#N)N1C(=O)C1NC2CCCCC2C1C(=O)OC(C)(C)C. The molecule has 2 aliphatic heterocycles. The Kier molecular flexibility index (Phi) is 4.80. The van der Waals surface area contributed by atoms with Crippen molar-refractivity contribution < 1.29 is 14.3 Å². The molecule has 6 atom stereocenters. The van der Waals surface area contributed by atoms with Gasteiger partial charge in [0, 0.05) is 18.5 Å². The molecule has 0 radical (unpaired) electrons. The highest BCUT2D eigenvalue weighted by atomic mass is 16.6. The Morgan fingerprint density at radius 3 is 2.52 bits per heavy atom. The molecule has 6 nitrogen and oxygen atoms in total. The van der Waals surface area contributed by atoms with Crippen molar-refractivity contribution in [2.24, 2.45) is 11.8 Å². The molecule has 25 heavy (non-hydrogen) atoms. The zero-order valence-corrected chi connectivity index (χ0v) is 15.6. The number of nitrogens with one attached hydrogen (secondary N) is 1. The lowest BCUT2D eigenvalue weighted by atomic mass is 9.77. The van der Waals surface area contributed by atoms with E-state index in [2.05, 4.69) is 11.4 Å². The maximum absolute atomic E-state index is 13.1. The average Bonchev–Trinajstić information content (AvgIpc) is 2.90. The van der Waals surface area contributed by atoms with Crippen LogP contribution in [0.3, 0.4) is 0 Å². The lowest BCUT2D eigenvalue weighted by molar-refractivity contribution is -0.165. The highest BCUT2D eigenvalue weighted by molar-refractivity contribution is 5.90. The van der Waals surface area contributed by atoms with E-state index >= 15 is 0 Å². The summed E-state index contributed by atoms with van der Waals surface area (Å²) in [4.78, 5) is 27.7. The smallest absolute Gasteiger partial charge is 0.311 e. The van der Waals surface area contributed by atoms with Gasteiger partial charge in [-0.15, -0.1) is 0 Å². The van der Waals surface area contributed by atoms with Gasteiger partial charge in [-0.3, -0.25) is 9.59 Å². The molecule has 0 aromatic heterocycles. The molecule has 1 amide bonds. The van der Waals surface area contributed by atoms with E-state index in [-0.39, 0.29) is 35.9 Å². The number of ether oxygens (including phenoxy) is 1. The number of likely N-dealkylation sites (tertiary alicyclic amines) is 1. The molecule has 0 aromatic carbocycles. The van der Waals surface area contributed by atoms with Crippen molar-refractivity contribution in [1.82, 2.24) is 10.2 Å². The van der Waals surface area contributed by atoms with Crippen LogP contribution >= 0.6 is 0 Å². The molecule has 3 fully saturated rings. The van der Waals surface area contributed by atoms with E-state index in [1.54, 1.807) is 4.90 Å². The molecular weight excluding hydrogens is 318 g/mol. The van der Waals surface area contributed by atoms with Crippen LogP contribution in [0.1, 0.15) is 59.8 Å². The predicted octanol–water partition coefficient (Wildman–Crippen LogP) is 1.99. The number of carbonyl (C=O) groups excluding carboxylic acids is 2. The van der Waals surface area contributed by atoms with E-state index in [0.717, 1.165) is 25.7 Å². The van der Waals surface area contributed by atoms with Crippen LogP contribution in [0.15, 0.2) is 0 Å². The molecule has 2 heterocycles. The number of nitrogens with zero attached hydrogens (tertiary/aromatic N) is 2. The van der Waals surface area contributed by atoms with Gasteiger partial charge in [0.05, 0.1) is 12.0 Å². The average molecular weight is 347 g/mol. The van der Waals surface area contributed by atoms with Crippen LogP contribution in [0.2, 0.25) is 0 Å². The molecule has 0 spiro atoms. The quantitative estimate of drug-likeness (QED) is 0.773. The fraction of sp³-hybridized carbons (Fsp3) is 0.842. The summed E-state index contributed by atoms with van der Waals surface area (Å²) in [5.41, 5.74) is -0.573. The van der Waals surface area contributed by atoms with Crippen molar-refractivity contribution in [3.63, 3.8) is 0 Å². The van der Waals surface area contributed by atoms with Crippen LogP contribution in [0, 0.1) is 23.2 Å². The number of esters is 1. The number of fused-ring (bicyclic) bond motifs is 1. The summed E-state index contributed by atoms with van der Waals surface area (Å²) in [6.45, 7) is 7.51. The Morgan fingerprint density at radius 1 is 1.24 bits per heavy atom. The molecule has 1 N–H and O–H groups in total. The van der Waals surface area contributed by atoms with Crippen LogP contribution in [0.5, 0.6) is 0 Å². The van der Waals surface area contributed by atoms with E-state index in [4.69, 9.17) is 4.74 Å². The first-order valence-electron chi connectivity index (χ1n) is 9.43. The minimum Gasteiger partial charge on any atom is -0.460 e. The Morgan fingerprint density at radius 2 is 1.92 bits per heavy atom. The summed E-state index contributed by atoms with van der Waals surface area (Å²) in [7, 11) is 0. The number of carbonyl (C=O) groups is 2. The zero-order chi connectivity index (χ0) is 18.4. The van der Waals surface area contributed by atoms with Crippen molar-refractivity contribution in [2.75, 3.05) is 0 Å². The van der Waals surface area contributed by atoms with Gasteiger partial charge in [0.1, 0.15) is 17.7 Å². The van der Waals surface area contributed by atoms with Gasteiger partial charge in [0.25, 0.3) is 0 Å². The fourth-order valence-corrected chi connectivity index (χ4v) is 4.65. The standard InChI is InChI=1S/C19H29N3O3/c1-11-9-12(10-20)22(11)17(23)16-15(18(24)25-19(2,3)4)13-7-5-6-8-14(13)21-16/h11-16,21H,5-9H2,1-4H3. The molecular formula is C19H29N3O3. The van der Waals surface area contributed by atoms with Crippen LogP contribution in [0.25, 0.3) is 0 Å². The lowest BCUT2D eigenvalue weighted by Crippen LogP contribution is -2.62. The number of amides is 1. The maximum atomic E-state index is 13.1. The third-order valence-electron chi connectivity index (χ3n) is 5.76. The minimum atomic E-state index is -0.573. The monoisotopic (exact) mass is 347 g/mol. The van der Waals surface area contributed by atoms with E-state index in [1.165, 1.54) is 0 Å². The van der Waals surface area contributed by atoms with E-state index in [9.17, 15) is 14.9 Å². The zero-order valence-electron chi connectivity index (χ0n) is 15.6. The Labute approximate surface area is 149 Å². The summed E-state index contributed by atoms with van der Waals surface area (Å²) in [6.07, 6.45) is 4.85. The molecule has 3 aliphatic rings. The fourth-order valence-electron chi connectivity index (χ4n) is 4.65. The van der Waals surface area contributed by atoms with Gasteiger partial charge in [-0.25, -0.2) is 0 Å². The Balaban J connectivity index is 1.83. The van der Waals surface area contributed by atoms with Gasteiger partial charge >= 0.3 is 5.97 Å². The van der Waals surface area contributed by atoms with Crippen molar-refractivity contribution in [3.05, 3.63) is 0 Å². The molecule has 3 rings (SSSR count). The molecule has 0 bridgehead atoms. The van der Waals surface area contributed by atoms with Gasteiger partial charge in [-0.05, 0) is 46.5 Å². The summed E-state index contributed by atoms with van der Waals surface area (Å²) >= 11 is 0. The molecule has 1 aliphatic carbocycles. The second kappa shape index (κ2) is 6.60. The summed E-state index contributed by atoms with van der Waals surface area (Å²) in [5.74, 6) is -0.705. The summed E-state index contributed by atoms with van der Waals surface area (Å²) in [5, 5.41) is 12.7. The van der Waals surface area contributed by atoms with E-state index in [0.29, 0.717) is 6.42 Å². The lowest BCUT2D eigenvalue weighted by Gasteiger charge is -2.45. The highest BCUT2D eigenvalue weighted by Crippen LogP contribution is 2.40. The maximum Gasteiger partial charge on any atom is 0.311 e. The Bertz CT molecular complexity index is 592. The van der Waals surface area contributed by atoms with Crippen molar-refractivity contribution >= 4 is 11.9 Å². The summed E-state index contributed by atoms with van der Waals surface area (Å²) in [6, 6.07) is 1.50. The molecule has 6 unspecified atom stereocenters. The van der Waals surface area contributed by atoms with Crippen LogP contribution < -0.4 is 5.32 Å². The van der Waals surface area contributed by atoms with Gasteiger partial charge in [-0.2, -0.15) is 5.26 Å². The topological polar surface area (TPSA) is 82.4 Å². The third-order valence-corrected chi connectivity index (χ3v) is 5.76. The van der Waals surface area contributed by atoms with Crippen molar-refractivity contribution in [1.29, 1.82) is 5.26 Å². The normalized spacial score (nSPS) is 37.6. The van der Waals surface area contributed by atoms with Gasteiger partial charge in [-0.1, -0.05) is 12.8 Å². The van der Waals surface area contributed by atoms with Crippen LogP contribution in [0.4, 0.5) is 0 Å². The summed E-state index contributed by atoms with van der Waals surface area (Å²) < 4.78 is 5.65. The first-order chi connectivity index (χ1) is 11.7. The number of hydrogen-bond donors (Lipinski definition) is 1. The predicted molar refractivity (Wildman–Crippen MR) is 92.3 cm³/mol. The van der Waals surface area contributed by atoms with Gasteiger partial charge in [0.2, 0.25) is 5.91 Å². The first kappa shape index (κ1) is 18.2. The van der Waals surface area contributed by atoms with Gasteiger partial charge in [0.15, 0.2) is 0 Å². The number of hydrogen-bond acceptors (Lipinski definition) is 5. The molecule has 138 valence electrons. The number of rotatable bonds is 2. The highest BCUT2D eigenvalue weighted by Gasteiger charge is 2.54. The largest absolute Gasteiger partial charge is 0.460 e. The molecule has 6 heteroatoms. The molecule has 0 aromatic rings. The van der Waals surface area contributed by atoms with Crippen molar-refractivity contribution in [2.45, 2.75) is 89.6 Å². The van der Waals surface area contributed by atoms with Crippen LogP contribution in [-0.2, 0) is 14.3 Å². The second-order valence-corrected chi connectivity index (χ2v) is 8.73. The van der Waals surface area contributed by atoms with E-state index in [1.807, 2.05) is 27.7 Å². The molecule has 2 saturated heterocycles. The van der Waals surface area contributed by atoms with E-state index < -0.39 is 17.6 Å². The van der Waals surface area contributed by atoms with Crippen LogP contribution in [-0.4, -0.2) is 46.5 Å². The first-order valence-corrected chi connectivity index (χ1v) is 9.43. The molecule has 1 saturated carbocycles. The Hall–Kier alpha value is -1.61. The van der Waals surface area contributed by atoms with Crippen molar-refractivity contribution in [3.8, 4) is 6.07 Å². The third kappa shape index (κ3) is 3.39. The second-order valence-electron chi connectivity index (χ2n) is 8.73. The van der Waals surface area contributed by atoms with Gasteiger partial charge < -0.3 is 15.0 Å².